The molecule has 2 unspecified atom stereocenters. The van der Waals surface area contributed by atoms with Gasteiger partial charge in [0.05, 0.1) is 5.25 Å². The Kier molecular flexibility index (Phi) is 5.33. The molecular formula is C21H27F2N3O5S. The van der Waals surface area contributed by atoms with E-state index in [4.69, 9.17) is 5.73 Å². The van der Waals surface area contributed by atoms with Gasteiger partial charge < -0.3 is 20.5 Å². The number of hydrogen-bond donors (Lipinski definition) is 2. The van der Waals surface area contributed by atoms with Crippen molar-refractivity contribution in [2.45, 2.75) is 87.1 Å². The van der Waals surface area contributed by atoms with Crippen LogP contribution in [-0.4, -0.2) is 54.3 Å². The van der Waals surface area contributed by atoms with Crippen molar-refractivity contribution in [3.63, 3.8) is 0 Å². The highest BCUT2D eigenvalue weighted by molar-refractivity contribution is 7.89. The van der Waals surface area contributed by atoms with Gasteiger partial charge in [0.1, 0.15) is 0 Å². The molecule has 32 heavy (non-hydrogen) atoms. The van der Waals surface area contributed by atoms with E-state index in [1.165, 1.54) is 18.2 Å². The molecule has 3 aliphatic heterocycles. The summed E-state index contributed by atoms with van der Waals surface area (Å²) in [5.41, 5.74) is 6.13. The van der Waals surface area contributed by atoms with Crippen molar-refractivity contribution in [1.82, 2.24) is 9.62 Å². The molecule has 8 nitrogen and oxygen atoms in total. The number of nitrogens with two attached hydrogens (primary N) is 1. The van der Waals surface area contributed by atoms with Crippen LogP contribution in [0, 0.1) is 0 Å². The van der Waals surface area contributed by atoms with E-state index in [0.717, 1.165) is 25.7 Å². The van der Waals surface area contributed by atoms with Gasteiger partial charge in [-0.1, -0.05) is 0 Å². The SMILES string of the molecule is NC1CCC(S(=O)(=O)N2C3CCC2CC(NC(=O)c2ccc4c(c2)OC(F)(F)O4)C3)CC1. The number of nitrogens with one attached hydrogen (secondary N) is 1. The number of benzene rings is 1. The van der Waals surface area contributed by atoms with Crippen LogP contribution in [0.5, 0.6) is 11.5 Å². The molecule has 2 atom stereocenters. The van der Waals surface area contributed by atoms with Crippen LogP contribution in [-0.2, 0) is 10.0 Å². The Morgan fingerprint density at radius 2 is 1.66 bits per heavy atom. The largest absolute Gasteiger partial charge is 0.586 e. The fourth-order valence-electron chi connectivity index (χ4n) is 5.58. The Morgan fingerprint density at radius 3 is 2.31 bits per heavy atom. The van der Waals surface area contributed by atoms with Crippen molar-refractivity contribution in [3.05, 3.63) is 23.8 Å². The van der Waals surface area contributed by atoms with Crippen molar-refractivity contribution in [2.24, 2.45) is 5.73 Å². The van der Waals surface area contributed by atoms with Crippen LogP contribution < -0.4 is 20.5 Å². The summed E-state index contributed by atoms with van der Waals surface area (Å²) in [5, 5.41) is 2.57. The molecule has 2 saturated heterocycles. The van der Waals surface area contributed by atoms with E-state index in [-0.39, 0.29) is 46.5 Å². The van der Waals surface area contributed by atoms with E-state index in [1.54, 1.807) is 4.31 Å². The van der Waals surface area contributed by atoms with Gasteiger partial charge in [-0.05, 0) is 69.6 Å². The monoisotopic (exact) mass is 471 g/mol. The summed E-state index contributed by atoms with van der Waals surface area (Å²) >= 11 is 0. The number of fused-ring (bicyclic) bond motifs is 3. The second-order valence-electron chi connectivity index (χ2n) is 9.27. The number of amides is 1. The number of rotatable bonds is 4. The first-order chi connectivity index (χ1) is 15.1. The van der Waals surface area contributed by atoms with Crippen LogP contribution >= 0.6 is 0 Å². The minimum atomic E-state index is -3.74. The second-order valence-corrected chi connectivity index (χ2v) is 11.4. The maximum atomic E-state index is 13.3. The minimum absolute atomic E-state index is 0.0847. The maximum Gasteiger partial charge on any atom is 0.586 e. The Bertz CT molecular complexity index is 999. The van der Waals surface area contributed by atoms with Crippen molar-refractivity contribution in [3.8, 4) is 11.5 Å². The van der Waals surface area contributed by atoms with Gasteiger partial charge in [-0.25, -0.2) is 8.42 Å². The van der Waals surface area contributed by atoms with E-state index >= 15 is 0 Å². The topological polar surface area (TPSA) is 111 Å². The van der Waals surface area contributed by atoms with Gasteiger partial charge in [0.25, 0.3) is 5.91 Å². The first-order valence-electron chi connectivity index (χ1n) is 11.1. The molecule has 3 N–H and O–H groups in total. The minimum Gasteiger partial charge on any atom is -0.395 e. The summed E-state index contributed by atoms with van der Waals surface area (Å²) < 4.78 is 63.6. The van der Waals surface area contributed by atoms with E-state index in [0.29, 0.717) is 25.7 Å². The average molecular weight is 472 g/mol. The Balaban J connectivity index is 1.24. The number of carbonyl (C=O) groups is 1. The fraction of sp³-hybridized carbons (Fsp3) is 0.667. The number of ether oxygens (including phenoxy) is 2. The van der Waals surface area contributed by atoms with Crippen LogP contribution in [0.25, 0.3) is 0 Å². The number of halogens is 2. The molecule has 1 aromatic carbocycles. The van der Waals surface area contributed by atoms with Crippen LogP contribution in [0.1, 0.15) is 61.7 Å². The molecule has 0 radical (unpaired) electrons. The summed E-state index contributed by atoms with van der Waals surface area (Å²) in [7, 11) is -3.40. The summed E-state index contributed by atoms with van der Waals surface area (Å²) in [6.07, 6.45) is 1.56. The number of piperidine rings is 1. The number of hydrogen-bond acceptors (Lipinski definition) is 6. The first kappa shape index (κ1) is 21.8. The van der Waals surface area contributed by atoms with Crippen LogP contribution in [0.15, 0.2) is 18.2 Å². The highest BCUT2D eigenvalue weighted by atomic mass is 32.2. The maximum absolute atomic E-state index is 13.3. The van der Waals surface area contributed by atoms with Gasteiger partial charge in [0.2, 0.25) is 10.0 Å². The highest BCUT2D eigenvalue weighted by Crippen LogP contribution is 2.42. The standard InChI is InChI=1S/C21H27F2N3O5S/c22-21(23)30-18-8-1-12(9-19(18)31-21)20(27)25-14-10-15-4-5-16(11-14)26(15)32(28,29)17-6-2-13(24)3-7-17/h1,8-9,13-17H,2-7,10-11,24H2,(H,25,27). The number of nitrogens with zero attached hydrogens (tertiary/aromatic N) is 1. The molecule has 1 saturated carbocycles. The second kappa shape index (κ2) is 7.81. The van der Waals surface area contributed by atoms with Crippen molar-refractivity contribution < 1.29 is 31.5 Å². The molecule has 3 heterocycles. The third-order valence-corrected chi connectivity index (χ3v) is 9.60. The summed E-state index contributed by atoms with van der Waals surface area (Å²) in [6.45, 7) is 0. The molecular weight excluding hydrogens is 444 g/mol. The first-order valence-corrected chi connectivity index (χ1v) is 12.6. The zero-order valence-corrected chi connectivity index (χ0v) is 18.3. The van der Waals surface area contributed by atoms with Crippen molar-refractivity contribution >= 4 is 15.9 Å². The molecule has 0 aromatic heterocycles. The van der Waals surface area contributed by atoms with E-state index < -0.39 is 22.2 Å². The van der Waals surface area contributed by atoms with Gasteiger partial charge in [0, 0.05) is 29.7 Å². The fourth-order valence-corrected chi connectivity index (χ4v) is 8.01. The zero-order chi connectivity index (χ0) is 22.7. The predicted octanol–water partition coefficient (Wildman–Crippen LogP) is 2.33. The zero-order valence-electron chi connectivity index (χ0n) is 17.5. The summed E-state index contributed by atoms with van der Waals surface area (Å²) in [4.78, 5) is 12.7. The molecule has 3 fully saturated rings. The molecule has 2 bridgehead atoms. The van der Waals surface area contributed by atoms with Crippen LogP contribution in [0.4, 0.5) is 8.78 Å². The number of sulfonamides is 1. The van der Waals surface area contributed by atoms with Gasteiger partial charge in [0.15, 0.2) is 11.5 Å². The van der Waals surface area contributed by atoms with E-state index in [1.807, 2.05) is 0 Å². The van der Waals surface area contributed by atoms with Gasteiger partial charge in [-0.2, -0.15) is 4.31 Å². The number of carbonyl (C=O) groups excluding carboxylic acids is 1. The molecule has 0 spiro atoms. The third kappa shape index (κ3) is 3.94. The van der Waals surface area contributed by atoms with Crippen LogP contribution in [0.2, 0.25) is 0 Å². The summed E-state index contributed by atoms with van der Waals surface area (Å²) in [5.74, 6) is -0.712. The molecule has 176 valence electrons. The van der Waals surface area contributed by atoms with Gasteiger partial charge in [-0.3, -0.25) is 4.79 Å². The normalized spacial score (nSPS) is 33.8. The molecule has 4 aliphatic rings. The molecule has 11 heteroatoms. The molecule has 1 aromatic rings. The molecule has 5 rings (SSSR count). The van der Waals surface area contributed by atoms with Crippen molar-refractivity contribution in [1.29, 1.82) is 0 Å². The third-order valence-electron chi connectivity index (χ3n) is 7.10. The quantitative estimate of drug-likeness (QED) is 0.697. The lowest BCUT2D eigenvalue weighted by Gasteiger charge is -2.41. The Labute approximate surface area is 185 Å². The summed E-state index contributed by atoms with van der Waals surface area (Å²) in [6, 6.07) is 3.55. The average Bonchev–Trinajstić information content (AvgIpc) is 3.19. The lowest BCUT2D eigenvalue weighted by Crippen LogP contribution is -2.55. The highest BCUT2D eigenvalue weighted by Gasteiger charge is 2.49. The van der Waals surface area contributed by atoms with Crippen LogP contribution in [0.3, 0.4) is 0 Å². The van der Waals surface area contributed by atoms with Crippen molar-refractivity contribution in [2.75, 3.05) is 0 Å². The number of alkyl halides is 2. The van der Waals surface area contributed by atoms with Gasteiger partial charge >= 0.3 is 6.29 Å². The Hall–Kier alpha value is -1.98. The lowest BCUT2D eigenvalue weighted by atomic mass is 9.96. The predicted molar refractivity (Wildman–Crippen MR) is 111 cm³/mol. The molecule has 1 aliphatic carbocycles. The smallest absolute Gasteiger partial charge is 0.395 e. The van der Waals surface area contributed by atoms with Gasteiger partial charge in [-0.15, -0.1) is 8.78 Å². The Morgan fingerprint density at radius 1 is 1.03 bits per heavy atom. The van der Waals surface area contributed by atoms with E-state index in [2.05, 4.69) is 14.8 Å². The van der Waals surface area contributed by atoms with E-state index in [9.17, 15) is 22.0 Å². The molecule has 1 amide bonds. The lowest BCUT2D eigenvalue weighted by molar-refractivity contribution is -0.286.